The molecular formula is C9H13N3O4. The lowest BCUT2D eigenvalue weighted by Gasteiger charge is -2.20. The summed E-state index contributed by atoms with van der Waals surface area (Å²) in [6.45, 7) is 1.16. The van der Waals surface area contributed by atoms with Gasteiger partial charge in [0, 0.05) is 6.54 Å². The first-order valence-corrected chi connectivity index (χ1v) is 4.59. The van der Waals surface area contributed by atoms with Crippen LogP contribution in [0.3, 0.4) is 0 Å². The summed E-state index contributed by atoms with van der Waals surface area (Å²) in [5.74, 6) is -0.819. The number of carbonyl (C=O) groups is 1. The van der Waals surface area contributed by atoms with E-state index in [1.807, 2.05) is 0 Å². The molecule has 1 heterocycles. The van der Waals surface area contributed by atoms with Crippen LogP contribution >= 0.6 is 0 Å². The first kappa shape index (κ1) is 12.3. The van der Waals surface area contributed by atoms with Gasteiger partial charge in [0.25, 0.3) is 0 Å². The molecule has 0 saturated heterocycles. The molecule has 0 aromatic carbocycles. The molecule has 0 aliphatic carbocycles. The summed E-state index contributed by atoms with van der Waals surface area (Å²) in [6.07, 6.45) is 0. The molecule has 0 aliphatic heterocycles. The van der Waals surface area contributed by atoms with E-state index >= 15 is 0 Å². The van der Waals surface area contributed by atoms with E-state index in [4.69, 9.17) is 10.2 Å². The highest BCUT2D eigenvalue weighted by Crippen LogP contribution is 2.06. The van der Waals surface area contributed by atoms with Gasteiger partial charge in [-0.25, -0.2) is 4.79 Å². The number of hydrogen-bond acceptors (Lipinski definition) is 6. The molecule has 0 saturated carbocycles. The van der Waals surface area contributed by atoms with Crippen molar-refractivity contribution in [3.63, 3.8) is 0 Å². The molecule has 0 bridgehead atoms. The SMILES string of the molecule is CC(O)(CO)CNc1ccc(C(=O)O)nn1. The van der Waals surface area contributed by atoms with Gasteiger partial charge in [-0.3, -0.25) is 0 Å². The van der Waals surface area contributed by atoms with Crippen LogP contribution in [0.25, 0.3) is 0 Å². The largest absolute Gasteiger partial charge is 0.476 e. The number of nitrogens with zero attached hydrogens (tertiary/aromatic N) is 2. The Morgan fingerprint density at radius 2 is 2.19 bits per heavy atom. The quantitative estimate of drug-likeness (QED) is 0.527. The van der Waals surface area contributed by atoms with Gasteiger partial charge in [0.05, 0.1) is 6.61 Å². The van der Waals surface area contributed by atoms with E-state index < -0.39 is 11.6 Å². The van der Waals surface area contributed by atoms with Gasteiger partial charge in [-0.1, -0.05) is 0 Å². The van der Waals surface area contributed by atoms with Crippen molar-refractivity contribution in [2.24, 2.45) is 0 Å². The van der Waals surface area contributed by atoms with Crippen LogP contribution in [0.5, 0.6) is 0 Å². The second-order valence-electron chi connectivity index (χ2n) is 3.62. The van der Waals surface area contributed by atoms with Gasteiger partial charge >= 0.3 is 5.97 Å². The van der Waals surface area contributed by atoms with Crippen molar-refractivity contribution >= 4 is 11.8 Å². The van der Waals surface area contributed by atoms with E-state index in [1.54, 1.807) is 0 Å². The molecule has 1 aromatic rings. The lowest BCUT2D eigenvalue weighted by atomic mass is 10.1. The monoisotopic (exact) mass is 227 g/mol. The first-order valence-electron chi connectivity index (χ1n) is 4.59. The fourth-order valence-electron chi connectivity index (χ4n) is 0.877. The molecule has 1 unspecified atom stereocenters. The number of carboxylic acids is 1. The lowest BCUT2D eigenvalue weighted by Crippen LogP contribution is -2.37. The number of aromatic nitrogens is 2. The van der Waals surface area contributed by atoms with Gasteiger partial charge in [-0.2, -0.15) is 0 Å². The van der Waals surface area contributed by atoms with E-state index in [0.29, 0.717) is 5.82 Å². The second kappa shape index (κ2) is 4.86. The molecule has 0 fully saturated rings. The molecule has 0 amide bonds. The van der Waals surface area contributed by atoms with Crippen molar-refractivity contribution in [3.8, 4) is 0 Å². The Morgan fingerprint density at radius 1 is 1.50 bits per heavy atom. The smallest absolute Gasteiger partial charge is 0.356 e. The fourth-order valence-corrected chi connectivity index (χ4v) is 0.877. The van der Waals surface area contributed by atoms with E-state index in [-0.39, 0.29) is 18.8 Å². The standard InChI is InChI=1S/C9H13N3O4/c1-9(16,5-13)4-10-7-3-2-6(8(14)15)11-12-7/h2-3,13,16H,4-5H2,1H3,(H,10,12)(H,14,15). The molecular weight excluding hydrogens is 214 g/mol. The van der Waals surface area contributed by atoms with E-state index in [9.17, 15) is 9.90 Å². The van der Waals surface area contributed by atoms with Gasteiger partial charge in [-0.05, 0) is 19.1 Å². The summed E-state index contributed by atoms with van der Waals surface area (Å²) in [5, 5.41) is 36.6. The highest BCUT2D eigenvalue weighted by molar-refractivity contribution is 5.85. The molecule has 16 heavy (non-hydrogen) atoms. The molecule has 7 heteroatoms. The molecule has 0 aliphatic rings. The fraction of sp³-hybridized carbons (Fsp3) is 0.444. The van der Waals surface area contributed by atoms with Crippen molar-refractivity contribution in [1.29, 1.82) is 0 Å². The van der Waals surface area contributed by atoms with Crippen LogP contribution in [-0.2, 0) is 0 Å². The van der Waals surface area contributed by atoms with Gasteiger partial charge in [0.2, 0.25) is 0 Å². The number of aliphatic hydroxyl groups is 2. The Hall–Kier alpha value is -1.73. The molecule has 1 aromatic heterocycles. The molecule has 1 atom stereocenters. The third kappa shape index (κ3) is 3.44. The number of nitrogens with one attached hydrogen (secondary N) is 1. The van der Waals surface area contributed by atoms with Gasteiger partial charge in [-0.15, -0.1) is 10.2 Å². The summed E-state index contributed by atoms with van der Waals surface area (Å²) in [7, 11) is 0. The van der Waals surface area contributed by atoms with Crippen molar-refractivity contribution in [3.05, 3.63) is 17.8 Å². The van der Waals surface area contributed by atoms with Gasteiger partial charge < -0.3 is 20.6 Å². The van der Waals surface area contributed by atoms with E-state index in [1.165, 1.54) is 19.1 Å². The van der Waals surface area contributed by atoms with Crippen molar-refractivity contribution < 1.29 is 20.1 Å². The Kier molecular flexibility index (Phi) is 3.75. The van der Waals surface area contributed by atoms with Crippen LogP contribution < -0.4 is 5.32 Å². The van der Waals surface area contributed by atoms with Crippen molar-refractivity contribution in [2.45, 2.75) is 12.5 Å². The summed E-state index contributed by atoms with van der Waals surface area (Å²) >= 11 is 0. The highest BCUT2D eigenvalue weighted by atomic mass is 16.4. The van der Waals surface area contributed by atoms with E-state index in [2.05, 4.69) is 15.5 Å². The Bertz CT molecular complexity index is 364. The first-order chi connectivity index (χ1) is 7.44. The number of anilines is 1. The molecule has 1 rings (SSSR count). The number of aliphatic hydroxyl groups excluding tert-OH is 1. The molecule has 4 N–H and O–H groups in total. The summed E-state index contributed by atoms with van der Waals surface area (Å²) in [5.41, 5.74) is -1.41. The lowest BCUT2D eigenvalue weighted by molar-refractivity contribution is 0.0131. The minimum atomic E-state index is -1.26. The zero-order valence-electron chi connectivity index (χ0n) is 8.71. The Labute approximate surface area is 91.8 Å². The third-order valence-corrected chi connectivity index (χ3v) is 1.87. The maximum atomic E-state index is 10.5. The minimum Gasteiger partial charge on any atom is -0.476 e. The number of rotatable bonds is 5. The zero-order valence-corrected chi connectivity index (χ0v) is 8.71. The summed E-state index contributed by atoms with van der Waals surface area (Å²) in [6, 6.07) is 2.73. The number of aromatic carboxylic acids is 1. The average Bonchev–Trinajstić information content (AvgIpc) is 2.27. The Morgan fingerprint density at radius 3 is 2.62 bits per heavy atom. The van der Waals surface area contributed by atoms with Crippen LogP contribution in [0.2, 0.25) is 0 Å². The summed E-state index contributed by atoms with van der Waals surface area (Å²) in [4.78, 5) is 10.5. The minimum absolute atomic E-state index is 0.0879. The topological polar surface area (TPSA) is 116 Å². The summed E-state index contributed by atoms with van der Waals surface area (Å²) < 4.78 is 0. The van der Waals surface area contributed by atoms with Crippen molar-refractivity contribution in [1.82, 2.24) is 10.2 Å². The maximum Gasteiger partial charge on any atom is 0.356 e. The van der Waals surface area contributed by atoms with Crippen LogP contribution in [0, 0.1) is 0 Å². The predicted octanol–water partition coefficient (Wildman–Crippen LogP) is -0.670. The number of carboxylic acid groups (broad SMARTS) is 1. The predicted molar refractivity (Wildman–Crippen MR) is 55.2 cm³/mol. The molecule has 7 nitrogen and oxygen atoms in total. The second-order valence-corrected chi connectivity index (χ2v) is 3.62. The Balaban J connectivity index is 2.59. The van der Waals surface area contributed by atoms with Gasteiger partial charge in [0.1, 0.15) is 11.4 Å². The van der Waals surface area contributed by atoms with Crippen LogP contribution in [0.4, 0.5) is 5.82 Å². The normalized spacial score (nSPS) is 14.2. The van der Waals surface area contributed by atoms with Crippen LogP contribution in [0.1, 0.15) is 17.4 Å². The molecule has 0 radical (unpaired) electrons. The van der Waals surface area contributed by atoms with Gasteiger partial charge in [0.15, 0.2) is 5.69 Å². The third-order valence-electron chi connectivity index (χ3n) is 1.87. The maximum absolute atomic E-state index is 10.5. The number of hydrogen-bond donors (Lipinski definition) is 4. The zero-order chi connectivity index (χ0) is 12.2. The van der Waals surface area contributed by atoms with Crippen molar-refractivity contribution in [2.75, 3.05) is 18.5 Å². The van der Waals surface area contributed by atoms with E-state index in [0.717, 1.165) is 0 Å². The molecule has 88 valence electrons. The van der Waals surface area contributed by atoms with Crippen LogP contribution in [0.15, 0.2) is 12.1 Å². The molecule has 0 spiro atoms. The average molecular weight is 227 g/mol. The van der Waals surface area contributed by atoms with Crippen LogP contribution in [-0.4, -0.2) is 50.2 Å². The highest BCUT2D eigenvalue weighted by Gasteiger charge is 2.18.